The number of hydrogen-bond acceptors (Lipinski definition) is 4. The molecule has 1 amide bonds. The first-order valence-electron chi connectivity index (χ1n) is 6.14. The summed E-state index contributed by atoms with van der Waals surface area (Å²) in [5.41, 5.74) is 0.881. The number of amides is 1. The highest BCUT2D eigenvalue weighted by Crippen LogP contribution is 2.01. The molecule has 0 aliphatic heterocycles. The first-order chi connectivity index (χ1) is 8.36. The second kappa shape index (κ2) is 8.69. The molecule has 104 valence electrons. The Morgan fingerprint density at radius 2 is 2.00 bits per heavy atom. The van der Waals surface area contributed by atoms with Gasteiger partial charge in [-0.2, -0.15) is 0 Å². The van der Waals surface area contributed by atoms with Crippen molar-refractivity contribution in [3.63, 3.8) is 0 Å². The van der Waals surface area contributed by atoms with Gasteiger partial charge in [-0.25, -0.2) is 0 Å². The van der Waals surface area contributed by atoms with Crippen LogP contribution in [0.2, 0.25) is 0 Å². The van der Waals surface area contributed by atoms with Crippen molar-refractivity contribution >= 4 is 11.9 Å². The van der Waals surface area contributed by atoms with E-state index < -0.39 is 6.10 Å². The summed E-state index contributed by atoms with van der Waals surface area (Å²) in [5, 5.41) is 9.34. The average Bonchev–Trinajstić information content (AvgIpc) is 2.23. The van der Waals surface area contributed by atoms with Gasteiger partial charge in [0.2, 0.25) is 5.91 Å². The quantitative estimate of drug-likeness (QED) is 0.548. The van der Waals surface area contributed by atoms with Crippen molar-refractivity contribution in [1.82, 2.24) is 4.90 Å². The first-order valence-corrected chi connectivity index (χ1v) is 6.14. The number of nitrogens with zero attached hydrogens (tertiary/aromatic N) is 1. The minimum atomic E-state index is -0.623. The highest BCUT2D eigenvalue weighted by molar-refractivity contribution is 5.88. The van der Waals surface area contributed by atoms with E-state index in [0.717, 1.165) is 5.57 Å². The maximum atomic E-state index is 11.8. The van der Waals surface area contributed by atoms with E-state index in [1.807, 2.05) is 13.8 Å². The van der Waals surface area contributed by atoms with Gasteiger partial charge in [-0.15, -0.1) is 0 Å². The van der Waals surface area contributed by atoms with E-state index in [4.69, 9.17) is 4.74 Å². The molecule has 0 bridgehead atoms. The second-order valence-corrected chi connectivity index (χ2v) is 4.41. The van der Waals surface area contributed by atoms with Crippen molar-refractivity contribution in [2.45, 2.75) is 40.2 Å². The number of allylic oxidation sites excluding steroid dienone is 1. The van der Waals surface area contributed by atoms with Crippen LogP contribution < -0.4 is 0 Å². The molecule has 1 N–H and O–H groups in total. The summed E-state index contributed by atoms with van der Waals surface area (Å²) in [6, 6.07) is 0. The van der Waals surface area contributed by atoms with Crippen LogP contribution in [0, 0.1) is 0 Å². The molecule has 5 nitrogen and oxygen atoms in total. The lowest BCUT2D eigenvalue weighted by molar-refractivity contribution is -0.144. The van der Waals surface area contributed by atoms with E-state index in [0.29, 0.717) is 6.61 Å². The second-order valence-electron chi connectivity index (χ2n) is 4.41. The molecule has 0 rings (SSSR count). The Hall–Kier alpha value is -1.36. The summed E-state index contributed by atoms with van der Waals surface area (Å²) in [5.74, 6) is -0.529. The Labute approximate surface area is 108 Å². The Balaban J connectivity index is 4.45. The number of aliphatic hydroxyl groups excluding tert-OH is 1. The number of carbonyl (C=O) groups is 2. The molecule has 0 radical (unpaired) electrons. The Morgan fingerprint density at radius 1 is 1.39 bits per heavy atom. The standard InChI is InChI=1S/C13H23NO4/c1-5-18-13(17)6-7-14(9-11(4)15)12(16)8-10(2)3/h8,11,15H,5-7,9H2,1-4H3. The van der Waals surface area contributed by atoms with Gasteiger partial charge in [0.15, 0.2) is 0 Å². The zero-order chi connectivity index (χ0) is 14.1. The van der Waals surface area contributed by atoms with Crippen LogP contribution in [0.4, 0.5) is 0 Å². The maximum absolute atomic E-state index is 11.8. The molecule has 0 heterocycles. The van der Waals surface area contributed by atoms with Crippen molar-refractivity contribution in [2.75, 3.05) is 19.7 Å². The summed E-state index contributed by atoms with van der Waals surface area (Å²) < 4.78 is 4.80. The van der Waals surface area contributed by atoms with Crippen molar-refractivity contribution in [3.05, 3.63) is 11.6 Å². The van der Waals surface area contributed by atoms with Crippen LogP contribution >= 0.6 is 0 Å². The Bertz CT molecular complexity index is 306. The van der Waals surface area contributed by atoms with Crippen LogP contribution in [0.25, 0.3) is 0 Å². The molecule has 0 aliphatic rings. The SMILES string of the molecule is CCOC(=O)CCN(CC(C)O)C(=O)C=C(C)C. The molecular weight excluding hydrogens is 234 g/mol. The van der Waals surface area contributed by atoms with Crippen molar-refractivity contribution < 1.29 is 19.4 Å². The van der Waals surface area contributed by atoms with Gasteiger partial charge in [0, 0.05) is 19.2 Å². The fourth-order valence-corrected chi connectivity index (χ4v) is 1.41. The molecular formula is C13H23NO4. The lowest BCUT2D eigenvalue weighted by Crippen LogP contribution is -2.37. The lowest BCUT2D eigenvalue weighted by Gasteiger charge is -2.22. The molecule has 0 fully saturated rings. The molecule has 0 saturated heterocycles. The van der Waals surface area contributed by atoms with Crippen LogP contribution in [-0.4, -0.2) is 47.7 Å². The van der Waals surface area contributed by atoms with E-state index in [1.54, 1.807) is 13.8 Å². The Kier molecular flexibility index (Phi) is 8.03. The summed E-state index contributed by atoms with van der Waals surface area (Å²) in [7, 11) is 0. The highest BCUT2D eigenvalue weighted by Gasteiger charge is 2.15. The zero-order valence-electron chi connectivity index (χ0n) is 11.6. The van der Waals surface area contributed by atoms with Crippen LogP contribution in [0.5, 0.6) is 0 Å². The van der Waals surface area contributed by atoms with Gasteiger partial charge >= 0.3 is 5.97 Å². The van der Waals surface area contributed by atoms with Gasteiger partial charge < -0.3 is 14.7 Å². The number of aliphatic hydroxyl groups is 1. The first kappa shape index (κ1) is 16.6. The lowest BCUT2D eigenvalue weighted by atomic mass is 10.2. The monoisotopic (exact) mass is 257 g/mol. The predicted octanol–water partition coefficient (Wildman–Crippen LogP) is 1.12. The van der Waals surface area contributed by atoms with Gasteiger partial charge in [0.25, 0.3) is 0 Å². The molecule has 5 heteroatoms. The van der Waals surface area contributed by atoms with Gasteiger partial charge in [0.1, 0.15) is 0 Å². The molecule has 0 spiro atoms. The minimum absolute atomic E-state index is 0.142. The van der Waals surface area contributed by atoms with Crippen LogP contribution in [-0.2, 0) is 14.3 Å². The number of ether oxygens (including phenoxy) is 1. The number of carbonyl (C=O) groups excluding carboxylic acids is 2. The third-order valence-electron chi connectivity index (χ3n) is 2.10. The topological polar surface area (TPSA) is 66.8 Å². The fraction of sp³-hybridized carbons (Fsp3) is 0.692. The minimum Gasteiger partial charge on any atom is -0.466 e. The molecule has 0 aromatic rings. The summed E-state index contributed by atoms with van der Waals surface area (Å²) in [4.78, 5) is 24.5. The number of rotatable bonds is 7. The van der Waals surface area contributed by atoms with Crippen molar-refractivity contribution in [2.24, 2.45) is 0 Å². The molecule has 0 saturated carbocycles. The van der Waals surface area contributed by atoms with Gasteiger partial charge in [0.05, 0.1) is 19.1 Å². The van der Waals surface area contributed by atoms with Crippen LogP contribution in [0.15, 0.2) is 11.6 Å². The van der Waals surface area contributed by atoms with E-state index in [9.17, 15) is 14.7 Å². The van der Waals surface area contributed by atoms with Gasteiger partial charge in [-0.05, 0) is 27.7 Å². The largest absolute Gasteiger partial charge is 0.466 e. The molecule has 1 unspecified atom stereocenters. The molecule has 0 aromatic heterocycles. The van der Waals surface area contributed by atoms with Crippen LogP contribution in [0.3, 0.4) is 0 Å². The number of hydrogen-bond donors (Lipinski definition) is 1. The average molecular weight is 257 g/mol. The summed E-state index contributed by atoms with van der Waals surface area (Å²) >= 11 is 0. The number of esters is 1. The zero-order valence-corrected chi connectivity index (χ0v) is 11.6. The third kappa shape index (κ3) is 7.84. The predicted molar refractivity (Wildman–Crippen MR) is 68.9 cm³/mol. The highest BCUT2D eigenvalue weighted by atomic mass is 16.5. The van der Waals surface area contributed by atoms with Crippen molar-refractivity contribution in [1.29, 1.82) is 0 Å². The van der Waals surface area contributed by atoms with E-state index in [-0.39, 0.29) is 31.4 Å². The third-order valence-corrected chi connectivity index (χ3v) is 2.10. The summed E-state index contributed by atoms with van der Waals surface area (Å²) in [6.45, 7) is 7.78. The normalized spacial score (nSPS) is 11.6. The smallest absolute Gasteiger partial charge is 0.307 e. The van der Waals surface area contributed by atoms with Gasteiger partial charge in [-0.3, -0.25) is 9.59 Å². The van der Waals surface area contributed by atoms with Gasteiger partial charge in [-0.1, -0.05) is 5.57 Å². The molecule has 1 atom stereocenters. The van der Waals surface area contributed by atoms with E-state index in [2.05, 4.69) is 0 Å². The van der Waals surface area contributed by atoms with Crippen molar-refractivity contribution in [3.8, 4) is 0 Å². The molecule has 18 heavy (non-hydrogen) atoms. The fourth-order valence-electron chi connectivity index (χ4n) is 1.41. The van der Waals surface area contributed by atoms with Crippen LogP contribution in [0.1, 0.15) is 34.1 Å². The molecule has 0 aromatic carbocycles. The Morgan fingerprint density at radius 3 is 2.44 bits per heavy atom. The summed E-state index contributed by atoms with van der Waals surface area (Å²) in [6.07, 6.45) is 1.01. The molecule has 0 aliphatic carbocycles. The van der Waals surface area contributed by atoms with E-state index >= 15 is 0 Å². The maximum Gasteiger partial charge on any atom is 0.307 e. The van der Waals surface area contributed by atoms with E-state index in [1.165, 1.54) is 11.0 Å².